The summed E-state index contributed by atoms with van der Waals surface area (Å²) in [6.45, 7) is 11.4. The van der Waals surface area contributed by atoms with Crippen LogP contribution in [-0.2, 0) is 11.0 Å². The number of aryl methyl sites for hydroxylation is 1. The van der Waals surface area contributed by atoms with Crippen molar-refractivity contribution in [3.8, 4) is 11.5 Å². The van der Waals surface area contributed by atoms with Crippen LogP contribution in [0.2, 0.25) is 0 Å². The van der Waals surface area contributed by atoms with Crippen molar-refractivity contribution in [3.05, 3.63) is 53.6 Å². The highest BCUT2D eigenvalue weighted by atomic mass is 31.2. The first kappa shape index (κ1) is 28.6. The minimum absolute atomic E-state index is 0.155. The molecule has 0 spiro atoms. The Hall–Kier alpha value is -2.01. The molecule has 0 aromatic heterocycles. The monoisotopic (exact) mass is 517 g/mol. The maximum atomic E-state index is 11.4. The van der Waals surface area contributed by atoms with E-state index in [0.717, 1.165) is 49.4 Å². The third-order valence-electron chi connectivity index (χ3n) is 7.05. The topological polar surface area (TPSA) is 79.2 Å². The maximum Gasteiger partial charge on any atom is 0.326 e. The molecular formula is C29H44NO5P. The Labute approximate surface area is 217 Å². The smallest absolute Gasteiger partial charge is 0.326 e. The van der Waals surface area contributed by atoms with E-state index in [1.807, 2.05) is 31.2 Å². The molecule has 0 unspecified atom stereocenters. The summed E-state index contributed by atoms with van der Waals surface area (Å²) >= 11 is 0. The summed E-state index contributed by atoms with van der Waals surface area (Å²) in [5, 5.41) is 0. The fourth-order valence-corrected chi connectivity index (χ4v) is 5.84. The van der Waals surface area contributed by atoms with Crippen LogP contribution in [0.4, 0.5) is 5.69 Å². The van der Waals surface area contributed by atoms with Crippen molar-refractivity contribution in [3.63, 3.8) is 0 Å². The third-order valence-corrected chi connectivity index (χ3v) is 8.07. The number of anilines is 1. The highest BCUT2D eigenvalue weighted by Crippen LogP contribution is 2.40. The highest BCUT2D eigenvalue weighted by Gasteiger charge is 2.23. The normalized spacial score (nSPS) is 16.1. The van der Waals surface area contributed by atoms with Crippen LogP contribution in [0.25, 0.3) is 0 Å². The number of piperidine rings is 1. The highest BCUT2D eigenvalue weighted by molar-refractivity contribution is 7.51. The second-order valence-corrected chi connectivity index (χ2v) is 13.2. The summed E-state index contributed by atoms with van der Waals surface area (Å²) in [6, 6.07) is 14.1. The summed E-state index contributed by atoms with van der Waals surface area (Å²) in [5.74, 6) is 1.93. The molecule has 0 radical (unpaired) electrons. The summed E-state index contributed by atoms with van der Waals surface area (Å²) < 4.78 is 23.0. The van der Waals surface area contributed by atoms with Gasteiger partial charge in [-0.15, -0.1) is 0 Å². The minimum atomic E-state index is -4.05. The fraction of sp³-hybridized carbons (Fsp3) is 0.586. The Morgan fingerprint density at radius 1 is 1.08 bits per heavy atom. The average molecular weight is 518 g/mol. The molecule has 2 N–H and O–H groups in total. The first-order valence-corrected chi connectivity index (χ1v) is 14.9. The number of methoxy groups -OCH3 is 1. The quantitative estimate of drug-likeness (QED) is 0.325. The van der Waals surface area contributed by atoms with Gasteiger partial charge in [0.1, 0.15) is 11.5 Å². The van der Waals surface area contributed by atoms with Gasteiger partial charge < -0.3 is 24.2 Å². The van der Waals surface area contributed by atoms with Crippen molar-refractivity contribution < 1.29 is 23.8 Å². The van der Waals surface area contributed by atoms with Crippen molar-refractivity contribution in [1.82, 2.24) is 0 Å². The first-order chi connectivity index (χ1) is 16.9. The van der Waals surface area contributed by atoms with Crippen LogP contribution >= 0.6 is 7.60 Å². The summed E-state index contributed by atoms with van der Waals surface area (Å²) in [5.41, 5.74) is 3.94. The number of hydrogen-bond acceptors (Lipinski definition) is 4. The summed E-state index contributed by atoms with van der Waals surface area (Å²) in [6.07, 6.45) is 5.43. The van der Waals surface area contributed by atoms with Crippen LogP contribution in [0.5, 0.6) is 11.5 Å². The molecular weight excluding hydrogens is 473 g/mol. The molecule has 0 bridgehead atoms. The molecule has 1 aliphatic heterocycles. The van der Waals surface area contributed by atoms with Gasteiger partial charge in [0.15, 0.2) is 0 Å². The van der Waals surface area contributed by atoms with Gasteiger partial charge in [0, 0.05) is 24.8 Å². The number of rotatable bonds is 11. The van der Waals surface area contributed by atoms with Crippen LogP contribution in [0.3, 0.4) is 0 Å². The standard InChI is InChI=1S/C29H44NO5P/c1-22(21-36(31,32)33)25-8-6-10-27(18-25)35-20-23-13-16-30(17-14-23)28-19-26(34-5)12-11-24(28)9-7-15-29(2,3)4/h6,8,10-12,18-19,22-23H,7,9,13-17,20-21H2,1-5H3,(H2,31,32,33)/t22-/m0/s1. The van der Waals surface area contributed by atoms with Crippen LogP contribution in [0, 0.1) is 11.3 Å². The van der Waals surface area contributed by atoms with Crippen LogP contribution in [-0.4, -0.2) is 42.8 Å². The first-order valence-electron chi connectivity index (χ1n) is 13.1. The molecule has 1 aliphatic rings. The molecule has 1 saturated heterocycles. The van der Waals surface area contributed by atoms with Crippen LogP contribution in [0.1, 0.15) is 70.4 Å². The fourth-order valence-electron chi connectivity index (χ4n) is 4.91. The molecule has 2 aromatic carbocycles. The number of hydrogen-bond donors (Lipinski definition) is 2. The van der Waals surface area contributed by atoms with E-state index in [1.165, 1.54) is 24.1 Å². The van der Waals surface area contributed by atoms with Gasteiger partial charge in [-0.05, 0) is 78.7 Å². The van der Waals surface area contributed by atoms with Gasteiger partial charge in [0.25, 0.3) is 0 Å². The summed E-state index contributed by atoms with van der Waals surface area (Å²) in [7, 11) is -2.32. The van der Waals surface area contributed by atoms with Gasteiger partial charge in [-0.25, -0.2) is 0 Å². The molecule has 0 aliphatic carbocycles. The zero-order chi connectivity index (χ0) is 26.3. The van der Waals surface area contributed by atoms with E-state index in [4.69, 9.17) is 9.47 Å². The molecule has 3 rings (SSSR count). The lowest BCUT2D eigenvalue weighted by atomic mass is 9.88. The van der Waals surface area contributed by atoms with Crippen LogP contribution < -0.4 is 14.4 Å². The Morgan fingerprint density at radius 2 is 1.81 bits per heavy atom. The lowest BCUT2D eigenvalue weighted by Gasteiger charge is -2.35. The predicted molar refractivity (Wildman–Crippen MR) is 148 cm³/mol. The molecule has 1 heterocycles. The maximum absolute atomic E-state index is 11.4. The van der Waals surface area contributed by atoms with Crippen molar-refractivity contribution >= 4 is 13.3 Å². The van der Waals surface area contributed by atoms with Gasteiger partial charge in [-0.3, -0.25) is 4.57 Å². The van der Waals surface area contributed by atoms with Crippen LogP contribution in [0.15, 0.2) is 42.5 Å². The number of nitrogens with zero attached hydrogens (tertiary/aromatic N) is 1. The van der Waals surface area contributed by atoms with E-state index in [2.05, 4.69) is 43.9 Å². The minimum Gasteiger partial charge on any atom is -0.497 e. The van der Waals surface area contributed by atoms with Gasteiger partial charge in [-0.1, -0.05) is 45.9 Å². The Balaban J connectivity index is 1.56. The Kier molecular flexibility index (Phi) is 9.91. The molecule has 2 aromatic rings. The van der Waals surface area contributed by atoms with E-state index in [1.54, 1.807) is 7.11 Å². The lowest BCUT2D eigenvalue weighted by Crippen LogP contribution is -2.36. The third kappa shape index (κ3) is 9.14. The van der Waals surface area contributed by atoms with E-state index in [9.17, 15) is 14.4 Å². The van der Waals surface area contributed by atoms with E-state index >= 15 is 0 Å². The van der Waals surface area contributed by atoms with E-state index in [-0.39, 0.29) is 12.1 Å². The van der Waals surface area contributed by atoms with Crippen molar-refractivity contribution in [2.45, 2.75) is 65.7 Å². The van der Waals surface area contributed by atoms with E-state index in [0.29, 0.717) is 17.9 Å². The zero-order valence-electron chi connectivity index (χ0n) is 22.6. The SMILES string of the molecule is COc1ccc(CCCC(C)(C)C)c(N2CCC(COc3cccc([C@@H](C)CP(=O)(O)O)c3)CC2)c1. The molecule has 36 heavy (non-hydrogen) atoms. The van der Waals surface area contributed by atoms with Gasteiger partial charge in [-0.2, -0.15) is 0 Å². The van der Waals surface area contributed by atoms with E-state index < -0.39 is 7.60 Å². The van der Waals surface area contributed by atoms with Crippen molar-refractivity contribution in [2.24, 2.45) is 11.3 Å². The number of benzene rings is 2. The lowest BCUT2D eigenvalue weighted by molar-refractivity contribution is 0.222. The number of ether oxygens (including phenoxy) is 2. The van der Waals surface area contributed by atoms with Crippen molar-refractivity contribution in [2.75, 3.05) is 37.9 Å². The summed E-state index contributed by atoms with van der Waals surface area (Å²) in [4.78, 5) is 21.1. The molecule has 1 atom stereocenters. The average Bonchev–Trinajstić information content (AvgIpc) is 2.81. The second kappa shape index (κ2) is 12.5. The van der Waals surface area contributed by atoms with Gasteiger partial charge >= 0.3 is 7.60 Å². The second-order valence-electron chi connectivity index (χ2n) is 11.5. The Bertz CT molecular complexity index is 1020. The predicted octanol–water partition coefficient (Wildman–Crippen LogP) is 6.64. The zero-order valence-corrected chi connectivity index (χ0v) is 23.5. The van der Waals surface area contributed by atoms with Gasteiger partial charge in [0.05, 0.1) is 19.9 Å². The molecule has 0 amide bonds. The molecule has 1 fully saturated rings. The molecule has 200 valence electrons. The molecule has 0 saturated carbocycles. The molecule has 7 heteroatoms. The largest absolute Gasteiger partial charge is 0.497 e. The Morgan fingerprint density at radius 3 is 2.44 bits per heavy atom. The van der Waals surface area contributed by atoms with Gasteiger partial charge in [0.2, 0.25) is 0 Å². The molecule has 6 nitrogen and oxygen atoms in total. The van der Waals surface area contributed by atoms with Crippen molar-refractivity contribution in [1.29, 1.82) is 0 Å².